The molecule has 1 aliphatic rings. The van der Waals surface area contributed by atoms with Gasteiger partial charge in [-0.1, -0.05) is 61.4 Å². The van der Waals surface area contributed by atoms with E-state index in [4.69, 9.17) is 24.4 Å². The van der Waals surface area contributed by atoms with Gasteiger partial charge in [0.05, 0.1) is 5.69 Å². The van der Waals surface area contributed by atoms with Gasteiger partial charge < -0.3 is 21.3 Å². The first-order chi connectivity index (χ1) is 16.2. The Morgan fingerprint density at radius 1 is 0.667 bits per heavy atom. The van der Waals surface area contributed by atoms with Crippen molar-refractivity contribution >= 4 is 63.5 Å². The van der Waals surface area contributed by atoms with E-state index in [1.807, 2.05) is 78.5 Å². The van der Waals surface area contributed by atoms with Crippen molar-refractivity contribution in [2.75, 3.05) is 16.0 Å². The van der Waals surface area contributed by atoms with Gasteiger partial charge in [-0.15, -0.1) is 11.8 Å². The van der Waals surface area contributed by atoms with Crippen LogP contribution in [0, 0.1) is 0 Å². The van der Waals surface area contributed by atoms with E-state index in [2.05, 4.69) is 39.5 Å². The molecule has 7 heteroatoms. The topological polar surface area (TPSA) is 48.1 Å². The molecule has 0 saturated heterocycles. The fourth-order valence-corrected chi connectivity index (χ4v) is 5.78. The molecular weight excluding hydrogens is 465 g/mol. The molecule has 1 fully saturated rings. The molecule has 33 heavy (non-hydrogen) atoms. The van der Waals surface area contributed by atoms with Crippen LogP contribution in [0.4, 0.5) is 17.1 Å². The van der Waals surface area contributed by atoms with Crippen molar-refractivity contribution < 1.29 is 0 Å². The molecule has 1 aliphatic carbocycles. The van der Waals surface area contributed by atoms with E-state index < -0.39 is 0 Å². The number of thiocarbonyl (C=S) groups is 2. The maximum Gasteiger partial charge on any atom is 0.175 e. The molecule has 0 spiro atoms. The maximum atomic E-state index is 5.61. The predicted octanol–water partition coefficient (Wildman–Crippen LogP) is 6.89. The van der Waals surface area contributed by atoms with E-state index in [9.17, 15) is 0 Å². The van der Waals surface area contributed by atoms with Crippen LogP contribution in [0.3, 0.4) is 0 Å². The third-order valence-corrected chi connectivity index (χ3v) is 7.40. The SMILES string of the molecule is S=C(Nc1ccccc1)Nc1ccccc1S[C@H]1CCCC[C@@H]1NC(=S)Nc1ccccc1. The van der Waals surface area contributed by atoms with Crippen LogP contribution in [0.5, 0.6) is 0 Å². The first-order valence-corrected chi connectivity index (χ1v) is 12.9. The Bertz CT molecular complexity index is 1060. The van der Waals surface area contributed by atoms with Gasteiger partial charge >= 0.3 is 0 Å². The number of hydrogen-bond acceptors (Lipinski definition) is 3. The van der Waals surface area contributed by atoms with E-state index >= 15 is 0 Å². The smallest absolute Gasteiger partial charge is 0.175 e. The number of nitrogens with one attached hydrogen (secondary N) is 4. The highest BCUT2D eigenvalue weighted by Crippen LogP contribution is 2.37. The summed E-state index contributed by atoms with van der Waals surface area (Å²) in [7, 11) is 0. The molecule has 0 amide bonds. The van der Waals surface area contributed by atoms with E-state index in [1.165, 1.54) is 17.7 Å². The van der Waals surface area contributed by atoms with Gasteiger partial charge in [0.15, 0.2) is 10.2 Å². The molecule has 0 unspecified atom stereocenters. The molecule has 4 rings (SSSR count). The van der Waals surface area contributed by atoms with Crippen molar-refractivity contribution in [3.05, 3.63) is 84.9 Å². The van der Waals surface area contributed by atoms with Crippen LogP contribution in [0.2, 0.25) is 0 Å². The van der Waals surface area contributed by atoms with Crippen molar-refractivity contribution in [3.8, 4) is 0 Å². The standard InChI is InChI=1S/C26H28N4S3/c31-25(27-19-11-3-1-4-12-19)29-21-15-7-9-17-23(21)33-24-18-10-8-16-22(24)30-26(32)28-20-13-5-2-6-14-20/h1-7,9,11-15,17,22,24H,8,10,16,18H2,(H2,27,29,31)(H2,28,30,32)/t22-,24-/m0/s1. The minimum atomic E-state index is 0.315. The van der Waals surface area contributed by atoms with Gasteiger partial charge in [-0.2, -0.15) is 0 Å². The molecular formula is C26H28N4S3. The monoisotopic (exact) mass is 492 g/mol. The van der Waals surface area contributed by atoms with Gasteiger partial charge in [-0.05, 0) is 73.7 Å². The summed E-state index contributed by atoms with van der Waals surface area (Å²) >= 11 is 13.1. The third-order valence-electron chi connectivity index (χ3n) is 5.50. The molecule has 2 atom stereocenters. The molecule has 4 nitrogen and oxygen atoms in total. The zero-order chi connectivity index (χ0) is 22.9. The highest BCUT2D eigenvalue weighted by atomic mass is 32.2. The van der Waals surface area contributed by atoms with Crippen molar-refractivity contribution in [2.24, 2.45) is 0 Å². The summed E-state index contributed by atoms with van der Waals surface area (Å²) in [5.74, 6) is 0. The largest absolute Gasteiger partial charge is 0.359 e. The first-order valence-electron chi connectivity index (χ1n) is 11.2. The van der Waals surface area contributed by atoms with Crippen LogP contribution >= 0.6 is 36.2 Å². The lowest BCUT2D eigenvalue weighted by Gasteiger charge is -2.33. The fourth-order valence-electron chi connectivity index (χ4n) is 3.90. The van der Waals surface area contributed by atoms with Crippen molar-refractivity contribution in [1.29, 1.82) is 0 Å². The summed E-state index contributed by atoms with van der Waals surface area (Å²) in [5.41, 5.74) is 2.99. The van der Waals surface area contributed by atoms with Crippen molar-refractivity contribution in [1.82, 2.24) is 5.32 Å². The minimum Gasteiger partial charge on any atom is -0.359 e. The molecule has 4 N–H and O–H groups in total. The van der Waals surface area contributed by atoms with E-state index in [0.717, 1.165) is 29.9 Å². The predicted molar refractivity (Wildman–Crippen MR) is 150 cm³/mol. The van der Waals surface area contributed by atoms with Gasteiger partial charge in [0.2, 0.25) is 0 Å². The maximum absolute atomic E-state index is 5.61. The minimum absolute atomic E-state index is 0.315. The van der Waals surface area contributed by atoms with E-state index in [0.29, 0.717) is 21.5 Å². The lowest BCUT2D eigenvalue weighted by atomic mass is 9.95. The first kappa shape index (κ1) is 23.5. The molecule has 0 aliphatic heterocycles. The number of rotatable bonds is 6. The Kier molecular flexibility index (Phi) is 8.58. The molecule has 0 radical (unpaired) electrons. The molecule has 3 aromatic carbocycles. The Balaban J connectivity index is 1.39. The molecule has 0 bridgehead atoms. The Morgan fingerprint density at radius 3 is 1.94 bits per heavy atom. The summed E-state index contributed by atoms with van der Waals surface area (Å²) in [6.45, 7) is 0. The lowest BCUT2D eigenvalue weighted by molar-refractivity contribution is 0.426. The zero-order valence-electron chi connectivity index (χ0n) is 18.3. The van der Waals surface area contributed by atoms with Crippen LogP contribution in [0.15, 0.2) is 89.8 Å². The number of para-hydroxylation sites is 3. The van der Waals surface area contributed by atoms with Gasteiger partial charge in [-0.3, -0.25) is 0 Å². The summed E-state index contributed by atoms with van der Waals surface area (Å²) < 4.78 is 0. The van der Waals surface area contributed by atoms with Crippen LogP contribution in [-0.2, 0) is 0 Å². The summed E-state index contributed by atoms with van der Waals surface area (Å²) in [5, 5.41) is 15.2. The number of anilines is 3. The second-order valence-electron chi connectivity index (χ2n) is 7.95. The highest BCUT2D eigenvalue weighted by Gasteiger charge is 2.27. The number of benzene rings is 3. The van der Waals surface area contributed by atoms with Crippen LogP contribution in [-0.4, -0.2) is 21.5 Å². The third kappa shape index (κ3) is 7.19. The number of hydrogen-bond donors (Lipinski definition) is 4. The van der Waals surface area contributed by atoms with Crippen LogP contribution in [0.25, 0.3) is 0 Å². The quantitative estimate of drug-likeness (QED) is 0.280. The zero-order valence-corrected chi connectivity index (χ0v) is 20.7. The van der Waals surface area contributed by atoms with E-state index in [-0.39, 0.29) is 0 Å². The van der Waals surface area contributed by atoms with Gasteiger partial charge in [0.1, 0.15) is 0 Å². The normalized spacial score (nSPS) is 17.6. The Labute approximate surface area is 210 Å². The molecule has 3 aromatic rings. The molecule has 0 heterocycles. The number of thioether (sulfide) groups is 1. The van der Waals surface area contributed by atoms with Crippen LogP contribution in [0.1, 0.15) is 25.7 Å². The van der Waals surface area contributed by atoms with Gasteiger partial charge in [0, 0.05) is 27.6 Å². The lowest BCUT2D eigenvalue weighted by Crippen LogP contribution is -2.45. The molecule has 0 aromatic heterocycles. The summed E-state index contributed by atoms with van der Waals surface area (Å²) in [6.07, 6.45) is 4.71. The summed E-state index contributed by atoms with van der Waals surface area (Å²) in [6, 6.07) is 28.7. The Hall–Kier alpha value is -2.61. The Morgan fingerprint density at radius 2 is 1.24 bits per heavy atom. The van der Waals surface area contributed by atoms with Crippen molar-refractivity contribution in [2.45, 2.75) is 41.9 Å². The molecule has 170 valence electrons. The van der Waals surface area contributed by atoms with E-state index in [1.54, 1.807) is 0 Å². The average Bonchev–Trinajstić information content (AvgIpc) is 2.83. The highest BCUT2D eigenvalue weighted by molar-refractivity contribution is 8.00. The van der Waals surface area contributed by atoms with Gasteiger partial charge in [0.25, 0.3) is 0 Å². The van der Waals surface area contributed by atoms with Gasteiger partial charge in [-0.25, -0.2) is 0 Å². The second kappa shape index (κ2) is 12.0. The average molecular weight is 493 g/mol. The van der Waals surface area contributed by atoms with Crippen LogP contribution < -0.4 is 21.3 Å². The van der Waals surface area contributed by atoms with Crippen molar-refractivity contribution in [3.63, 3.8) is 0 Å². The molecule has 1 saturated carbocycles. The fraction of sp³-hybridized carbons (Fsp3) is 0.231. The summed E-state index contributed by atoms with van der Waals surface area (Å²) in [4.78, 5) is 1.19. The second-order valence-corrected chi connectivity index (χ2v) is 10.1.